The third-order valence-electron chi connectivity index (χ3n) is 3.18. The van der Waals surface area contributed by atoms with Crippen molar-refractivity contribution in [3.05, 3.63) is 35.4 Å². The van der Waals surface area contributed by atoms with Gasteiger partial charge >= 0.3 is 0 Å². The second-order valence-electron chi connectivity index (χ2n) is 4.69. The standard InChI is InChI=1S/C14H20N2O2/c1-11-10-16(7-2-8-18-11)14(17)13-5-3-12(9-15)4-6-13/h3-6,11H,2,7-10,15H2,1H3/t11-/m1/s1. The number of carbonyl (C=O) groups excluding carboxylic acids is 1. The van der Waals surface area contributed by atoms with Crippen molar-refractivity contribution < 1.29 is 9.53 Å². The van der Waals surface area contributed by atoms with Crippen molar-refractivity contribution in [2.24, 2.45) is 5.73 Å². The molecule has 0 radical (unpaired) electrons. The van der Waals surface area contributed by atoms with Crippen molar-refractivity contribution in [3.8, 4) is 0 Å². The van der Waals surface area contributed by atoms with Crippen LogP contribution >= 0.6 is 0 Å². The Bertz CT molecular complexity index is 403. The second-order valence-corrected chi connectivity index (χ2v) is 4.69. The summed E-state index contributed by atoms with van der Waals surface area (Å²) >= 11 is 0. The maximum absolute atomic E-state index is 12.3. The highest BCUT2D eigenvalue weighted by Gasteiger charge is 2.20. The summed E-state index contributed by atoms with van der Waals surface area (Å²) in [7, 11) is 0. The molecule has 0 bridgehead atoms. The van der Waals surface area contributed by atoms with E-state index < -0.39 is 0 Å². The molecule has 1 aliphatic rings. The molecule has 1 aromatic rings. The van der Waals surface area contributed by atoms with E-state index in [-0.39, 0.29) is 12.0 Å². The zero-order valence-corrected chi connectivity index (χ0v) is 10.8. The largest absolute Gasteiger partial charge is 0.377 e. The average Bonchev–Trinajstić information content (AvgIpc) is 2.63. The molecular formula is C14H20N2O2. The van der Waals surface area contributed by atoms with Gasteiger partial charge in [-0.2, -0.15) is 0 Å². The number of ether oxygens (including phenoxy) is 1. The number of nitrogens with two attached hydrogens (primary N) is 1. The van der Waals surface area contributed by atoms with Crippen LogP contribution < -0.4 is 5.73 Å². The Kier molecular flexibility index (Phi) is 4.33. The van der Waals surface area contributed by atoms with Gasteiger partial charge in [-0.1, -0.05) is 12.1 Å². The van der Waals surface area contributed by atoms with Crippen LogP contribution in [-0.2, 0) is 11.3 Å². The van der Waals surface area contributed by atoms with Crippen molar-refractivity contribution >= 4 is 5.91 Å². The lowest BCUT2D eigenvalue weighted by atomic mass is 10.1. The van der Waals surface area contributed by atoms with Gasteiger partial charge < -0.3 is 15.4 Å². The molecule has 2 N–H and O–H groups in total. The fourth-order valence-corrected chi connectivity index (χ4v) is 2.14. The number of carbonyl (C=O) groups is 1. The van der Waals surface area contributed by atoms with E-state index in [9.17, 15) is 4.79 Å². The number of benzene rings is 1. The van der Waals surface area contributed by atoms with Gasteiger partial charge in [0.15, 0.2) is 0 Å². The normalized spacial score (nSPS) is 20.6. The van der Waals surface area contributed by atoms with Gasteiger partial charge in [0.05, 0.1) is 6.10 Å². The summed E-state index contributed by atoms with van der Waals surface area (Å²) < 4.78 is 5.55. The summed E-state index contributed by atoms with van der Waals surface area (Å²) in [5, 5.41) is 0. The van der Waals surface area contributed by atoms with E-state index in [1.54, 1.807) is 0 Å². The van der Waals surface area contributed by atoms with Crippen molar-refractivity contribution in [2.75, 3.05) is 19.7 Å². The lowest BCUT2D eigenvalue weighted by molar-refractivity contribution is 0.0562. The van der Waals surface area contributed by atoms with Crippen LogP contribution in [0.25, 0.3) is 0 Å². The molecule has 4 nitrogen and oxygen atoms in total. The van der Waals surface area contributed by atoms with E-state index in [1.807, 2.05) is 36.1 Å². The maximum Gasteiger partial charge on any atom is 0.253 e. The van der Waals surface area contributed by atoms with E-state index >= 15 is 0 Å². The molecule has 1 aromatic carbocycles. The molecule has 2 rings (SSSR count). The monoisotopic (exact) mass is 248 g/mol. The van der Waals surface area contributed by atoms with Crippen molar-refractivity contribution in [1.82, 2.24) is 4.90 Å². The predicted molar refractivity (Wildman–Crippen MR) is 70.3 cm³/mol. The van der Waals surface area contributed by atoms with Gasteiger partial charge in [0.2, 0.25) is 0 Å². The molecule has 1 heterocycles. The molecule has 1 saturated heterocycles. The Morgan fingerprint density at radius 3 is 2.83 bits per heavy atom. The zero-order chi connectivity index (χ0) is 13.0. The van der Waals surface area contributed by atoms with Gasteiger partial charge in [-0.05, 0) is 31.0 Å². The SMILES string of the molecule is C[C@@H]1CN(C(=O)c2ccc(CN)cc2)CCCO1. The lowest BCUT2D eigenvalue weighted by Crippen LogP contribution is -2.35. The van der Waals surface area contributed by atoms with E-state index in [4.69, 9.17) is 10.5 Å². The second kappa shape index (κ2) is 5.98. The van der Waals surface area contributed by atoms with Crippen LogP contribution in [-0.4, -0.2) is 36.6 Å². The Morgan fingerprint density at radius 1 is 1.44 bits per heavy atom. The minimum Gasteiger partial charge on any atom is -0.377 e. The third-order valence-corrected chi connectivity index (χ3v) is 3.18. The smallest absolute Gasteiger partial charge is 0.253 e. The van der Waals surface area contributed by atoms with Crippen LogP contribution in [0.4, 0.5) is 0 Å². The predicted octanol–water partition coefficient (Wildman–Crippen LogP) is 1.40. The van der Waals surface area contributed by atoms with Crippen LogP contribution in [0.5, 0.6) is 0 Å². The van der Waals surface area contributed by atoms with Crippen LogP contribution in [0, 0.1) is 0 Å². The van der Waals surface area contributed by atoms with Crippen molar-refractivity contribution in [3.63, 3.8) is 0 Å². The molecular weight excluding hydrogens is 228 g/mol. The first-order chi connectivity index (χ1) is 8.70. The van der Waals surface area contributed by atoms with Crippen molar-refractivity contribution in [1.29, 1.82) is 0 Å². The average molecular weight is 248 g/mol. The first kappa shape index (κ1) is 13.1. The third kappa shape index (κ3) is 3.09. The quantitative estimate of drug-likeness (QED) is 0.860. The molecule has 0 aromatic heterocycles. The Hall–Kier alpha value is -1.39. The Labute approximate surface area is 108 Å². The molecule has 1 fully saturated rings. The molecule has 98 valence electrons. The summed E-state index contributed by atoms with van der Waals surface area (Å²) in [5.41, 5.74) is 7.31. The van der Waals surface area contributed by atoms with Gasteiger partial charge in [-0.15, -0.1) is 0 Å². The minimum absolute atomic E-state index is 0.0796. The fraction of sp³-hybridized carbons (Fsp3) is 0.500. The van der Waals surface area contributed by atoms with E-state index in [2.05, 4.69) is 0 Å². The van der Waals surface area contributed by atoms with Gasteiger partial charge in [0, 0.05) is 31.8 Å². The molecule has 1 amide bonds. The van der Waals surface area contributed by atoms with Gasteiger partial charge in [-0.25, -0.2) is 0 Å². The van der Waals surface area contributed by atoms with Gasteiger partial charge in [0.25, 0.3) is 5.91 Å². The fourth-order valence-electron chi connectivity index (χ4n) is 2.14. The number of nitrogens with zero attached hydrogens (tertiary/aromatic N) is 1. The highest BCUT2D eigenvalue weighted by molar-refractivity contribution is 5.94. The van der Waals surface area contributed by atoms with Gasteiger partial charge in [0.1, 0.15) is 0 Å². The summed E-state index contributed by atoms with van der Waals surface area (Å²) in [4.78, 5) is 14.2. The summed E-state index contributed by atoms with van der Waals surface area (Å²) in [6.07, 6.45) is 1.01. The summed E-state index contributed by atoms with van der Waals surface area (Å²) in [6, 6.07) is 7.51. The molecule has 0 spiro atoms. The summed E-state index contributed by atoms with van der Waals surface area (Å²) in [5.74, 6) is 0.0796. The van der Waals surface area contributed by atoms with E-state index in [0.29, 0.717) is 13.1 Å². The van der Waals surface area contributed by atoms with Crippen molar-refractivity contribution in [2.45, 2.75) is 26.0 Å². The van der Waals surface area contributed by atoms with E-state index in [0.717, 1.165) is 30.7 Å². The van der Waals surface area contributed by atoms with Crippen LogP contribution in [0.3, 0.4) is 0 Å². The number of hydrogen-bond acceptors (Lipinski definition) is 3. The minimum atomic E-state index is 0.0796. The van der Waals surface area contributed by atoms with Gasteiger partial charge in [-0.3, -0.25) is 4.79 Å². The Morgan fingerprint density at radius 2 is 2.17 bits per heavy atom. The number of rotatable bonds is 2. The molecule has 1 atom stereocenters. The van der Waals surface area contributed by atoms with Crippen LogP contribution in [0.2, 0.25) is 0 Å². The zero-order valence-electron chi connectivity index (χ0n) is 10.8. The number of amides is 1. The molecule has 18 heavy (non-hydrogen) atoms. The first-order valence-electron chi connectivity index (χ1n) is 6.40. The summed E-state index contributed by atoms with van der Waals surface area (Å²) in [6.45, 7) is 4.67. The topological polar surface area (TPSA) is 55.6 Å². The lowest BCUT2D eigenvalue weighted by Gasteiger charge is -2.22. The molecule has 0 unspecified atom stereocenters. The number of hydrogen-bond donors (Lipinski definition) is 1. The molecule has 0 saturated carbocycles. The molecule has 1 aliphatic heterocycles. The van der Waals surface area contributed by atoms with Crippen LogP contribution in [0.1, 0.15) is 29.3 Å². The van der Waals surface area contributed by atoms with E-state index in [1.165, 1.54) is 0 Å². The first-order valence-corrected chi connectivity index (χ1v) is 6.40. The maximum atomic E-state index is 12.3. The Balaban J connectivity index is 2.08. The molecule has 0 aliphatic carbocycles. The molecule has 4 heteroatoms. The highest BCUT2D eigenvalue weighted by Crippen LogP contribution is 2.11. The van der Waals surface area contributed by atoms with Crippen LogP contribution in [0.15, 0.2) is 24.3 Å². The highest BCUT2D eigenvalue weighted by atomic mass is 16.5.